The molecule has 3 rings (SSSR count). The third kappa shape index (κ3) is 6.86. The molecule has 2 aromatic rings. The molecule has 5 atom stereocenters. The minimum absolute atomic E-state index is 0.0707. The van der Waals surface area contributed by atoms with Gasteiger partial charge >= 0.3 is 5.97 Å². The summed E-state index contributed by atoms with van der Waals surface area (Å²) in [7, 11) is 0. The van der Waals surface area contributed by atoms with Crippen molar-refractivity contribution in [3.05, 3.63) is 36.0 Å². The maximum absolute atomic E-state index is 13.4. The number of likely N-dealkylation sites (tertiary alicyclic amines) is 1. The van der Waals surface area contributed by atoms with E-state index in [4.69, 9.17) is 5.73 Å². The van der Waals surface area contributed by atoms with Gasteiger partial charge in [-0.3, -0.25) is 14.4 Å². The Morgan fingerprint density at radius 3 is 2.51 bits per heavy atom. The summed E-state index contributed by atoms with van der Waals surface area (Å²) >= 11 is 0. The van der Waals surface area contributed by atoms with Crippen LogP contribution in [0.1, 0.15) is 45.6 Å². The van der Waals surface area contributed by atoms with Gasteiger partial charge in [-0.2, -0.15) is 0 Å². The maximum atomic E-state index is 13.4. The molecule has 1 aromatic heterocycles. The van der Waals surface area contributed by atoms with Gasteiger partial charge < -0.3 is 36.5 Å². The minimum Gasteiger partial charge on any atom is -0.480 e. The first-order valence-electron chi connectivity index (χ1n) is 12.6. The first-order valence-corrected chi connectivity index (χ1v) is 12.6. The lowest BCUT2D eigenvalue weighted by molar-refractivity contribution is -0.145. The van der Waals surface area contributed by atoms with Crippen LogP contribution in [-0.2, 0) is 25.6 Å². The topological polar surface area (TPSA) is 178 Å². The number of carboxylic acids is 1. The SMILES string of the molecule is CC(C)CC(N)C(=O)N1CCCC1C(=O)NC(Cc1c[nH]c2ccccc12)C(=O)NC(C(=O)O)C(C)O. The van der Waals surface area contributed by atoms with E-state index in [9.17, 15) is 29.4 Å². The van der Waals surface area contributed by atoms with Crippen molar-refractivity contribution in [2.45, 2.75) is 76.7 Å². The van der Waals surface area contributed by atoms with Crippen molar-refractivity contribution in [3.63, 3.8) is 0 Å². The molecule has 0 saturated carbocycles. The standard InChI is InChI=1S/C26H37N5O6/c1-14(2)11-18(27)25(35)31-10-6-9-21(31)24(34)29-20(23(33)30-22(15(3)32)26(36)37)12-16-13-28-19-8-5-4-7-17(16)19/h4-5,7-8,13-15,18,20-22,28,32H,6,9-12,27H2,1-3H3,(H,29,34)(H,30,33)(H,36,37). The monoisotopic (exact) mass is 515 g/mol. The number of aliphatic hydroxyl groups excluding tert-OH is 1. The zero-order valence-electron chi connectivity index (χ0n) is 21.4. The number of carbonyl (C=O) groups excluding carboxylic acids is 3. The van der Waals surface area contributed by atoms with E-state index in [0.29, 0.717) is 25.8 Å². The molecule has 202 valence electrons. The number of aromatic nitrogens is 1. The molecule has 7 N–H and O–H groups in total. The lowest BCUT2D eigenvalue weighted by atomic mass is 10.0. The van der Waals surface area contributed by atoms with E-state index in [1.165, 1.54) is 11.8 Å². The van der Waals surface area contributed by atoms with Crippen LogP contribution in [0.15, 0.2) is 30.5 Å². The van der Waals surface area contributed by atoms with Gasteiger partial charge in [-0.25, -0.2) is 4.79 Å². The first-order chi connectivity index (χ1) is 17.5. The van der Waals surface area contributed by atoms with E-state index in [2.05, 4.69) is 15.6 Å². The first kappa shape index (κ1) is 28.1. The molecule has 11 heteroatoms. The number of hydrogen-bond acceptors (Lipinski definition) is 6. The number of aromatic amines is 1. The van der Waals surface area contributed by atoms with Gasteiger partial charge in [0.15, 0.2) is 6.04 Å². The zero-order chi connectivity index (χ0) is 27.3. The Morgan fingerprint density at radius 2 is 1.86 bits per heavy atom. The molecule has 0 bridgehead atoms. The normalized spacial score (nSPS) is 18.9. The number of para-hydroxylation sites is 1. The highest BCUT2D eigenvalue weighted by atomic mass is 16.4. The van der Waals surface area contributed by atoms with Crippen molar-refractivity contribution in [2.75, 3.05) is 6.54 Å². The van der Waals surface area contributed by atoms with Crippen molar-refractivity contribution >= 4 is 34.6 Å². The maximum Gasteiger partial charge on any atom is 0.328 e. The highest BCUT2D eigenvalue weighted by Gasteiger charge is 2.38. The van der Waals surface area contributed by atoms with Gasteiger partial charge in [0, 0.05) is 30.1 Å². The number of benzene rings is 1. The number of carboxylic acid groups (broad SMARTS) is 1. The Bertz CT molecular complexity index is 1130. The van der Waals surface area contributed by atoms with Crippen LogP contribution in [0.2, 0.25) is 0 Å². The Balaban J connectivity index is 1.82. The van der Waals surface area contributed by atoms with Gasteiger partial charge in [0.1, 0.15) is 12.1 Å². The molecular formula is C26H37N5O6. The van der Waals surface area contributed by atoms with Crippen LogP contribution in [0.5, 0.6) is 0 Å². The van der Waals surface area contributed by atoms with E-state index >= 15 is 0 Å². The van der Waals surface area contributed by atoms with Crippen LogP contribution in [0.3, 0.4) is 0 Å². The Labute approximate surface area is 215 Å². The van der Waals surface area contributed by atoms with Crippen LogP contribution in [0.4, 0.5) is 0 Å². The molecule has 1 aliphatic heterocycles. The zero-order valence-corrected chi connectivity index (χ0v) is 21.4. The fraction of sp³-hybridized carbons (Fsp3) is 0.538. The van der Waals surface area contributed by atoms with E-state index in [0.717, 1.165) is 16.5 Å². The third-order valence-electron chi connectivity index (χ3n) is 6.66. The number of amides is 3. The molecule has 1 fully saturated rings. The fourth-order valence-corrected chi connectivity index (χ4v) is 4.76. The molecule has 1 aromatic carbocycles. The molecule has 0 spiro atoms. The average molecular weight is 516 g/mol. The second kappa shape index (κ2) is 12.2. The smallest absolute Gasteiger partial charge is 0.328 e. The van der Waals surface area contributed by atoms with Crippen molar-refractivity contribution in [3.8, 4) is 0 Å². The summed E-state index contributed by atoms with van der Waals surface area (Å²) in [6, 6.07) is 3.28. The number of nitrogens with zero attached hydrogens (tertiary/aromatic N) is 1. The Kier molecular flexibility index (Phi) is 9.28. The van der Waals surface area contributed by atoms with Crippen LogP contribution in [0, 0.1) is 5.92 Å². The summed E-state index contributed by atoms with van der Waals surface area (Å²) in [6.07, 6.45) is 2.00. The van der Waals surface area contributed by atoms with E-state index in [1.807, 2.05) is 38.1 Å². The van der Waals surface area contributed by atoms with Crippen LogP contribution in [-0.4, -0.2) is 80.6 Å². The fourth-order valence-electron chi connectivity index (χ4n) is 4.76. The van der Waals surface area contributed by atoms with E-state index in [-0.39, 0.29) is 18.2 Å². The molecule has 3 amide bonds. The quantitative estimate of drug-likeness (QED) is 0.252. The second-order valence-electron chi connectivity index (χ2n) is 10.1. The van der Waals surface area contributed by atoms with Crippen LogP contribution >= 0.6 is 0 Å². The molecule has 11 nitrogen and oxygen atoms in total. The number of aliphatic carboxylic acids is 1. The summed E-state index contributed by atoms with van der Waals surface area (Å²) in [4.78, 5) is 55.7. The predicted octanol–water partition coefficient (Wildman–Crippen LogP) is 0.510. The Hall–Kier alpha value is -3.44. The molecule has 5 unspecified atom stereocenters. The Morgan fingerprint density at radius 1 is 1.16 bits per heavy atom. The molecule has 2 heterocycles. The summed E-state index contributed by atoms with van der Waals surface area (Å²) in [5, 5.41) is 25.2. The van der Waals surface area contributed by atoms with E-state index in [1.54, 1.807) is 6.20 Å². The summed E-state index contributed by atoms with van der Waals surface area (Å²) < 4.78 is 0. The number of nitrogens with two attached hydrogens (primary N) is 1. The van der Waals surface area contributed by atoms with Crippen molar-refractivity contribution in [2.24, 2.45) is 11.7 Å². The second-order valence-corrected chi connectivity index (χ2v) is 10.1. The van der Waals surface area contributed by atoms with Gasteiger partial charge in [0.05, 0.1) is 12.1 Å². The van der Waals surface area contributed by atoms with Gasteiger partial charge in [-0.15, -0.1) is 0 Å². The average Bonchev–Trinajstić information content (AvgIpc) is 3.48. The van der Waals surface area contributed by atoms with Crippen LogP contribution < -0.4 is 16.4 Å². The number of nitrogens with one attached hydrogen (secondary N) is 3. The summed E-state index contributed by atoms with van der Waals surface area (Å²) in [6.45, 7) is 5.58. The number of hydrogen-bond donors (Lipinski definition) is 6. The number of H-pyrrole nitrogens is 1. The molecule has 37 heavy (non-hydrogen) atoms. The predicted molar refractivity (Wildman–Crippen MR) is 137 cm³/mol. The minimum atomic E-state index is -1.55. The number of carbonyl (C=O) groups is 4. The lowest BCUT2D eigenvalue weighted by Gasteiger charge is -2.29. The van der Waals surface area contributed by atoms with Crippen LogP contribution in [0.25, 0.3) is 10.9 Å². The van der Waals surface area contributed by atoms with Gasteiger partial charge in [0.2, 0.25) is 17.7 Å². The molecule has 1 aliphatic rings. The largest absolute Gasteiger partial charge is 0.480 e. The van der Waals surface area contributed by atoms with E-state index < -0.39 is 48.1 Å². The third-order valence-corrected chi connectivity index (χ3v) is 6.66. The highest BCUT2D eigenvalue weighted by molar-refractivity contribution is 5.95. The number of rotatable bonds is 11. The van der Waals surface area contributed by atoms with Gasteiger partial charge in [-0.1, -0.05) is 32.0 Å². The molecule has 0 radical (unpaired) electrons. The molecule has 1 saturated heterocycles. The van der Waals surface area contributed by atoms with Gasteiger partial charge in [-0.05, 0) is 43.7 Å². The van der Waals surface area contributed by atoms with Gasteiger partial charge in [0.25, 0.3) is 0 Å². The number of fused-ring (bicyclic) bond motifs is 1. The highest BCUT2D eigenvalue weighted by Crippen LogP contribution is 2.22. The lowest BCUT2D eigenvalue weighted by Crippen LogP contribution is -2.58. The number of aliphatic hydroxyl groups is 1. The molecular weight excluding hydrogens is 478 g/mol. The molecule has 0 aliphatic carbocycles. The summed E-state index contributed by atoms with van der Waals surface area (Å²) in [5.74, 6) is -2.74. The van der Waals surface area contributed by atoms with Crippen molar-refractivity contribution < 1.29 is 29.4 Å². The van der Waals surface area contributed by atoms with Crippen molar-refractivity contribution in [1.82, 2.24) is 20.5 Å². The summed E-state index contributed by atoms with van der Waals surface area (Å²) in [5.41, 5.74) is 7.69. The van der Waals surface area contributed by atoms with Crippen molar-refractivity contribution in [1.29, 1.82) is 0 Å².